The number of aliphatic hydroxyl groups is 1. The fraction of sp³-hybridized carbons (Fsp3) is 1.00. The van der Waals surface area contributed by atoms with Gasteiger partial charge in [0.1, 0.15) is 0 Å². The van der Waals surface area contributed by atoms with Gasteiger partial charge >= 0.3 is 0 Å². The first-order valence-electron chi connectivity index (χ1n) is 3.69. The van der Waals surface area contributed by atoms with Crippen molar-refractivity contribution >= 4 is 0 Å². The predicted molar refractivity (Wildman–Crippen MR) is 40.8 cm³/mol. The zero-order valence-corrected chi connectivity index (χ0v) is 6.92. The Balaban J connectivity index is 3.12. The molecule has 10 heavy (non-hydrogen) atoms. The first-order chi connectivity index (χ1) is 4.66. The molecule has 3 heteroatoms. The number of aliphatic hydroxyl groups excluding tert-OH is 1. The van der Waals surface area contributed by atoms with E-state index >= 15 is 0 Å². The van der Waals surface area contributed by atoms with Crippen molar-refractivity contribution in [1.82, 2.24) is 5.32 Å². The summed E-state index contributed by atoms with van der Waals surface area (Å²) in [4.78, 5) is 0. The van der Waals surface area contributed by atoms with Crippen LogP contribution in [0.25, 0.3) is 0 Å². The molecule has 0 rings (SSSR count). The van der Waals surface area contributed by atoms with Crippen molar-refractivity contribution in [2.24, 2.45) is 0 Å². The Morgan fingerprint density at radius 2 is 2.10 bits per heavy atom. The molecule has 0 radical (unpaired) electrons. The summed E-state index contributed by atoms with van der Waals surface area (Å²) in [6, 6.07) is 0.398. The summed E-state index contributed by atoms with van der Waals surface area (Å²) in [7, 11) is 0. The zero-order chi connectivity index (χ0) is 7.98. The van der Waals surface area contributed by atoms with Crippen molar-refractivity contribution in [2.75, 3.05) is 13.2 Å². The van der Waals surface area contributed by atoms with E-state index in [9.17, 15) is 0 Å². The van der Waals surface area contributed by atoms with E-state index in [1.807, 2.05) is 20.8 Å². The van der Waals surface area contributed by atoms with Gasteiger partial charge in [-0.25, -0.2) is 0 Å². The van der Waals surface area contributed by atoms with Crippen molar-refractivity contribution in [3.8, 4) is 0 Å². The highest BCUT2D eigenvalue weighted by molar-refractivity contribution is 4.53. The topological polar surface area (TPSA) is 41.5 Å². The van der Waals surface area contributed by atoms with E-state index < -0.39 is 6.29 Å². The summed E-state index contributed by atoms with van der Waals surface area (Å²) in [5.74, 6) is 0. The van der Waals surface area contributed by atoms with E-state index in [1.54, 1.807) is 0 Å². The van der Waals surface area contributed by atoms with Crippen molar-refractivity contribution in [3.05, 3.63) is 0 Å². The monoisotopic (exact) mass is 147 g/mol. The van der Waals surface area contributed by atoms with Crippen LogP contribution in [0.2, 0.25) is 0 Å². The predicted octanol–water partition coefficient (Wildman–Crippen LogP) is 0.339. The summed E-state index contributed by atoms with van der Waals surface area (Å²) in [6.45, 7) is 6.97. The van der Waals surface area contributed by atoms with Gasteiger partial charge < -0.3 is 15.2 Å². The molecular weight excluding hydrogens is 130 g/mol. The molecule has 1 atom stereocenters. The van der Waals surface area contributed by atoms with E-state index in [2.05, 4.69) is 5.32 Å². The highest BCUT2D eigenvalue weighted by Crippen LogP contribution is 1.85. The molecule has 0 aromatic heterocycles. The number of ether oxygens (including phenoxy) is 1. The second kappa shape index (κ2) is 5.65. The molecule has 2 N–H and O–H groups in total. The van der Waals surface area contributed by atoms with Gasteiger partial charge in [-0.3, -0.25) is 0 Å². The lowest BCUT2D eigenvalue weighted by molar-refractivity contribution is -0.0921. The lowest BCUT2D eigenvalue weighted by Gasteiger charge is -2.13. The van der Waals surface area contributed by atoms with Gasteiger partial charge in [0.05, 0.1) is 0 Å². The quantitative estimate of drug-likeness (QED) is 0.551. The lowest BCUT2D eigenvalue weighted by atomic mass is 10.4. The molecular formula is C7H17NO2. The van der Waals surface area contributed by atoms with Crippen LogP contribution in [0.5, 0.6) is 0 Å². The van der Waals surface area contributed by atoms with Crippen LogP contribution in [0, 0.1) is 0 Å². The van der Waals surface area contributed by atoms with E-state index in [4.69, 9.17) is 9.84 Å². The van der Waals surface area contributed by atoms with Crippen molar-refractivity contribution in [1.29, 1.82) is 0 Å². The molecule has 0 aliphatic carbocycles. The summed E-state index contributed by atoms with van der Waals surface area (Å²) in [5.41, 5.74) is 0. The molecule has 0 fully saturated rings. The summed E-state index contributed by atoms with van der Waals surface area (Å²) >= 11 is 0. The Bertz CT molecular complexity index is 76.0. The summed E-state index contributed by atoms with van der Waals surface area (Å²) < 4.78 is 4.89. The van der Waals surface area contributed by atoms with Crippen molar-refractivity contribution in [2.45, 2.75) is 33.1 Å². The molecule has 0 aliphatic heterocycles. The standard InChI is InChI=1S/C7H17NO2/c1-4-10-7(9)5-8-6(2)3/h6-9H,4-5H2,1-3H3. The second-order valence-electron chi connectivity index (χ2n) is 2.47. The van der Waals surface area contributed by atoms with Gasteiger partial charge in [0.25, 0.3) is 0 Å². The molecule has 3 nitrogen and oxygen atoms in total. The third-order valence-corrected chi connectivity index (χ3v) is 1.06. The molecule has 0 aromatic rings. The van der Waals surface area contributed by atoms with E-state index in [1.165, 1.54) is 0 Å². The van der Waals surface area contributed by atoms with Crippen LogP contribution in [0.1, 0.15) is 20.8 Å². The van der Waals surface area contributed by atoms with Crippen LogP contribution in [0.15, 0.2) is 0 Å². The molecule has 0 saturated heterocycles. The van der Waals surface area contributed by atoms with Crippen LogP contribution >= 0.6 is 0 Å². The minimum Gasteiger partial charge on any atom is -0.367 e. The zero-order valence-electron chi connectivity index (χ0n) is 6.92. The average Bonchev–Trinajstić information content (AvgIpc) is 1.85. The second-order valence-corrected chi connectivity index (χ2v) is 2.47. The summed E-state index contributed by atoms with van der Waals surface area (Å²) in [6.07, 6.45) is -0.660. The average molecular weight is 147 g/mol. The SMILES string of the molecule is CCOC(O)CNC(C)C. The Kier molecular flexibility index (Phi) is 5.58. The fourth-order valence-corrected chi connectivity index (χ4v) is 0.588. The van der Waals surface area contributed by atoms with Gasteiger partial charge in [0.15, 0.2) is 6.29 Å². The van der Waals surface area contributed by atoms with Gasteiger partial charge in [-0.15, -0.1) is 0 Å². The first-order valence-corrected chi connectivity index (χ1v) is 3.69. The largest absolute Gasteiger partial charge is 0.367 e. The maximum absolute atomic E-state index is 9.01. The van der Waals surface area contributed by atoms with Crippen LogP contribution in [0.4, 0.5) is 0 Å². The number of rotatable bonds is 5. The smallest absolute Gasteiger partial charge is 0.167 e. The molecule has 0 aromatic carbocycles. The number of nitrogens with one attached hydrogen (secondary N) is 1. The third-order valence-electron chi connectivity index (χ3n) is 1.06. The number of hydrogen-bond acceptors (Lipinski definition) is 3. The molecule has 0 saturated carbocycles. The highest BCUT2D eigenvalue weighted by Gasteiger charge is 2.01. The molecule has 0 bridgehead atoms. The van der Waals surface area contributed by atoms with Gasteiger partial charge in [-0.2, -0.15) is 0 Å². The molecule has 0 heterocycles. The Morgan fingerprint density at radius 1 is 1.50 bits per heavy atom. The number of hydrogen-bond donors (Lipinski definition) is 2. The molecule has 1 unspecified atom stereocenters. The highest BCUT2D eigenvalue weighted by atomic mass is 16.6. The maximum Gasteiger partial charge on any atom is 0.167 e. The van der Waals surface area contributed by atoms with Gasteiger partial charge in [-0.1, -0.05) is 13.8 Å². The van der Waals surface area contributed by atoms with Gasteiger partial charge in [0.2, 0.25) is 0 Å². The van der Waals surface area contributed by atoms with Crippen LogP contribution in [0.3, 0.4) is 0 Å². The molecule has 62 valence electrons. The normalized spacial score (nSPS) is 14.1. The minimum atomic E-state index is -0.660. The van der Waals surface area contributed by atoms with Crippen LogP contribution < -0.4 is 5.32 Å². The molecule has 0 spiro atoms. The third kappa shape index (κ3) is 6.01. The van der Waals surface area contributed by atoms with E-state index in [0.717, 1.165) is 0 Å². The fourth-order valence-electron chi connectivity index (χ4n) is 0.588. The van der Waals surface area contributed by atoms with Gasteiger partial charge in [-0.05, 0) is 6.92 Å². The van der Waals surface area contributed by atoms with Crippen molar-refractivity contribution < 1.29 is 9.84 Å². The van der Waals surface area contributed by atoms with E-state index in [0.29, 0.717) is 19.2 Å². The molecule has 0 amide bonds. The molecule has 0 aliphatic rings. The van der Waals surface area contributed by atoms with Crippen LogP contribution in [-0.4, -0.2) is 30.6 Å². The Hall–Kier alpha value is -0.120. The minimum absolute atomic E-state index is 0.398. The summed E-state index contributed by atoms with van der Waals surface area (Å²) in [5, 5.41) is 12.1. The Labute approximate surface area is 62.4 Å². The Morgan fingerprint density at radius 3 is 2.50 bits per heavy atom. The first kappa shape index (κ1) is 9.88. The van der Waals surface area contributed by atoms with Crippen LogP contribution in [-0.2, 0) is 4.74 Å². The lowest BCUT2D eigenvalue weighted by Crippen LogP contribution is -2.33. The van der Waals surface area contributed by atoms with Gasteiger partial charge in [0, 0.05) is 19.2 Å². The van der Waals surface area contributed by atoms with Crippen molar-refractivity contribution in [3.63, 3.8) is 0 Å². The van der Waals surface area contributed by atoms with E-state index in [-0.39, 0.29) is 0 Å². The maximum atomic E-state index is 9.01.